The predicted molar refractivity (Wildman–Crippen MR) is 91.1 cm³/mol. The quantitative estimate of drug-likeness (QED) is 0.823. The average molecular weight is 340 g/mol. The minimum absolute atomic E-state index is 0.0526. The van der Waals surface area contributed by atoms with Gasteiger partial charge in [-0.05, 0) is 22.8 Å². The molecule has 1 aromatic heterocycles. The van der Waals surface area contributed by atoms with Crippen LogP contribution in [0.4, 0.5) is 4.79 Å². The summed E-state index contributed by atoms with van der Waals surface area (Å²) >= 11 is 0. The molecule has 130 valence electrons. The van der Waals surface area contributed by atoms with Gasteiger partial charge in [0.2, 0.25) is 5.91 Å². The summed E-state index contributed by atoms with van der Waals surface area (Å²) in [4.78, 5) is 29.8. The molecule has 2 aromatic rings. The minimum Gasteiger partial charge on any atom is -0.447 e. The lowest BCUT2D eigenvalue weighted by Crippen LogP contribution is -2.45. The summed E-state index contributed by atoms with van der Waals surface area (Å²) in [6.07, 6.45) is 2.84. The number of benzene rings is 1. The molecule has 0 spiro atoms. The number of hydrogen-bond donors (Lipinski definition) is 2. The number of carbonyl (C=O) groups excluding carboxylic acids is 2. The van der Waals surface area contributed by atoms with Crippen LogP contribution >= 0.6 is 0 Å². The molecule has 7 heteroatoms. The highest BCUT2D eigenvalue weighted by Crippen LogP contribution is 2.16. The molecule has 0 bridgehead atoms. The van der Waals surface area contributed by atoms with Crippen LogP contribution < -0.4 is 11.1 Å². The van der Waals surface area contributed by atoms with Crippen molar-refractivity contribution in [2.75, 3.05) is 6.61 Å². The number of rotatable bonds is 6. The summed E-state index contributed by atoms with van der Waals surface area (Å²) < 4.78 is 5.05. The van der Waals surface area contributed by atoms with Crippen molar-refractivity contribution in [1.82, 2.24) is 15.2 Å². The Labute approximate surface area is 145 Å². The molecule has 0 aliphatic carbocycles. The van der Waals surface area contributed by atoms with E-state index in [0.29, 0.717) is 13.1 Å². The topological polar surface area (TPSA) is 97.5 Å². The molecular formula is C18H20N4O3. The zero-order valence-electron chi connectivity index (χ0n) is 13.7. The molecule has 1 fully saturated rings. The van der Waals surface area contributed by atoms with Crippen LogP contribution in [0, 0.1) is 0 Å². The van der Waals surface area contributed by atoms with E-state index in [4.69, 9.17) is 10.5 Å². The molecule has 1 aliphatic rings. The van der Waals surface area contributed by atoms with E-state index in [1.165, 1.54) is 4.90 Å². The lowest BCUT2D eigenvalue weighted by molar-refractivity contribution is -0.125. The van der Waals surface area contributed by atoms with Crippen LogP contribution in [0.3, 0.4) is 0 Å². The summed E-state index contributed by atoms with van der Waals surface area (Å²) in [5, 5.41) is 2.85. The van der Waals surface area contributed by atoms with Gasteiger partial charge in [-0.1, -0.05) is 30.3 Å². The van der Waals surface area contributed by atoms with E-state index in [0.717, 1.165) is 16.7 Å². The van der Waals surface area contributed by atoms with Gasteiger partial charge in [-0.3, -0.25) is 14.7 Å². The predicted octanol–water partition coefficient (Wildman–Crippen LogP) is 1.18. The Morgan fingerprint density at radius 2 is 2.00 bits per heavy atom. The molecule has 3 N–H and O–H groups in total. The van der Waals surface area contributed by atoms with Gasteiger partial charge in [-0.15, -0.1) is 0 Å². The Morgan fingerprint density at radius 3 is 2.68 bits per heavy atom. The Hall–Kier alpha value is -2.93. The normalized spacial score (nSPS) is 16.6. The fourth-order valence-electron chi connectivity index (χ4n) is 2.63. The van der Waals surface area contributed by atoms with Gasteiger partial charge in [0.25, 0.3) is 0 Å². The first kappa shape index (κ1) is 16.9. The van der Waals surface area contributed by atoms with Crippen molar-refractivity contribution >= 4 is 12.0 Å². The summed E-state index contributed by atoms with van der Waals surface area (Å²) in [7, 11) is 0. The molecule has 1 atom stereocenters. The minimum atomic E-state index is -0.643. The molecule has 3 rings (SSSR count). The van der Waals surface area contributed by atoms with E-state index in [9.17, 15) is 9.59 Å². The number of cyclic esters (lactones) is 1. The number of nitrogens with one attached hydrogen (secondary N) is 1. The van der Waals surface area contributed by atoms with Crippen LogP contribution in [-0.4, -0.2) is 34.5 Å². The maximum absolute atomic E-state index is 12.5. The largest absolute Gasteiger partial charge is 0.447 e. The lowest BCUT2D eigenvalue weighted by atomic mass is 10.1. The molecular weight excluding hydrogens is 320 g/mol. The third-order valence-corrected chi connectivity index (χ3v) is 4.08. The van der Waals surface area contributed by atoms with Crippen molar-refractivity contribution in [2.45, 2.75) is 25.7 Å². The molecule has 2 heterocycles. The van der Waals surface area contributed by atoms with Gasteiger partial charge in [0.1, 0.15) is 12.6 Å². The van der Waals surface area contributed by atoms with E-state index in [1.54, 1.807) is 18.5 Å². The summed E-state index contributed by atoms with van der Waals surface area (Å²) in [5.74, 6) is -0.238. The average Bonchev–Trinajstić information content (AvgIpc) is 3.01. The Kier molecular flexibility index (Phi) is 5.25. The van der Waals surface area contributed by atoms with Crippen molar-refractivity contribution in [3.63, 3.8) is 0 Å². The number of pyridine rings is 1. The number of hydrogen-bond acceptors (Lipinski definition) is 5. The summed E-state index contributed by atoms with van der Waals surface area (Å²) in [6, 6.07) is 10.7. The first-order valence-corrected chi connectivity index (χ1v) is 8.05. The fourth-order valence-corrected chi connectivity index (χ4v) is 2.63. The number of nitrogens with zero attached hydrogens (tertiary/aromatic N) is 2. The number of nitrogens with two attached hydrogens (primary N) is 1. The molecule has 0 saturated carbocycles. The molecule has 1 saturated heterocycles. The third kappa shape index (κ3) is 4.13. The van der Waals surface area contributed by atoms with Crippen molar-refractivity contribution in [1.29, 1.82) is 0 Å². The van der Waals surface area contributed by atoms with Gasteiger partial charge >= 0.3 is 6.09 Å². The maximum Gasteiger partial charge on any atom is 0.410 e. The SMILES string of the molecule is NCc1ccc(CNC(=O)[C@@H]2COC(=O)N2Cc2cccnc2)cc1. The Morgan fingerprint density at radius 1 is 1.24 bits per heavy atom. The van der Waals surface area contributed by atoms with E-state index < -0.39 is 12.1 Å². The zero-order chi connectivity index (χ0) is 17.6. The Balaban J connectivity index is 1.60. The van der Waals surface area contributed by atoms with Crippen LogP contribution in [0.1, 0.15) is 16.7 Å². The number of amides is 2. The van der Waals surface area contributed by atoms with Crippen LogP contribution in [-0.2, 0) is 29.2 Å². The van der Waals surface area contributed by atoms with Gasteiger partial charge in [-0.25, -0.2) is 4.79 Å². The first-order chi connectivity index (χ1) is 12.2. The zero-order valence-corrected chi connectivity index (χ0v) is 13.7. The van der Waals surface area contributed by atoms with E-state index in [-0.39, 0.29) is 19.1 Å². The van der Waals surface area contributed by atoms with Gasteiger partial charge < -0.3 is 15.8 Å². The fraction of sp³-hybridized carbons (Fsp3) is 0.278. The number of carbonyl (C=O) groups is 2. The highest BCUT2D eigenvalue weighted by Gasteiger charge is 2.37. The molecule has 2 amide bonds. The van der Waals surface area contributed by atoms with Gasteiger partial charge in [0, 0.05) is 25.5 Å². The van der Waals surface area contributed by atoms with Gasteiger partial charge in [-0.2, -0.15) is 0 Å². The number of ether oxygens (including phenoxy) is 1. The van der Waals surface area contributed by atoms with Crippen molar-refractivity contribution < 1.29 is 14.3 Å². The molecule has 7 nitrogen and oxygen atoms in total. The smallest absolute Gasteiger partial charge is 0.410 e. The number of aromatic nitrogens is 1. The van der Waals surface area contributed by atoms with Gasteiger partial charge in [0.15, 0.2) is 0 Å². The summed E-state index contributed by atoms with van der Waals surface area (Å²) in [6.45, 7) is 1.21. The van der Waals surface area contributed by atoms with E-state index >= 15 is 0 Å². The van der Waals surface area contributed by atoms with Crippen LogP contribution in [0.5, 0.6) is 0 Å². The molecule has 0 radical (unpaired) electrons. The second-order valence-corrected chi connectivity index (χ2v) is 5.82. The van der Waals surface area contributed by atoms with Crippen molar-refractivity contribution in [2.24, 2.45) is 5.73 Å². The molecule has 1 aromatic carbocycles. The van der Waals surface area contributed by atoms with Gasteiger partial charge in [0.05, 0.1) is 6.54 Å². The maximum atomic E-state index is 12.5. The molecule has 0 unspecified atom stereocenters. The second-order valence-electron chi connectivity index (χ2n) is 5.82. The Bertz CT molecular complexity index is 734. The highest BCUT2D eigenvalue weighted by atomic mass is 16.6. The molecule has 25 heavy (non-hydrogen) atoms. The van der Waals surface area contributed by atoms with E-state index in [2.05, 4.69) is 10.3 Å². The van der Waals surface area contributed by atoms with Crippen molar-refractivity contribution in [3.05, 3.63) is 65.5 Å². The highest BCUT2D eigenvalue weighted by molar-refractivity contribution is 5.87. The van der Waals surface area contributed by atoms with E-state index in [1.807, 2.05) is 30.3 Å². The summed E-state index contributed by atoms with van der Waals surface area (Å²) in [5.41, 5.74) is 8.42. The van der Waals surface area contributed by atoms with Crippen LogP contribution in [0.15, 0.2) is 48.8 Å². The first-order valence-electron chi connectivity index (χ1n) is 8.05. The van der Waals surface area contributed by atoms with Crippen molar-refractivity contribution in [3.8, 4) is 0 Å². The lowest BCUT2D eigenvalue weighted by Gasteiger charge is -2.20. The second kappa shape index (κ2) is 7.76. The van der Waals surface area contributed by atoms with Crippen LogP contribution in [0.25, 0.3) is 0 Å². The molecule has 1 aliphatic heterocycles. The third-order valence-electron chi connectivity index (χ3n) is 4.08. The van der Waals surface area contributed by atoms with Crippen LogP contribution in [0.2, 0.25) is 0 Å². The standard InChI is InChI=1S/C18H20N4O3/c19-8-13-3-5-14(6-4-13)10-21-17(23)16-12-25-18(24)22(16)11-15-2-1-7-20-9-15/h1-7,9,16H,8,10-12,19H2,(H,21,23)/t16-/m0/s1. The monoisotopic (exact) mass is 340 g/mol.